The molecule has 0 saturated heterocycles. The van der Waals surface area contributed by atoms with Crippen molar-refractivity contribution >= 4 is 0 Å². The van der Waals surface area contributed by atoms with Crippen molar-refractivity contribution < 1.29 is 0 Å². The lowest BCUT2D eigenvalue weighted by Gasteiger charge is -2.22. The van der Waals surface area contributed by atoms with E-state index >= 15 is 0 Å². The van der Waals surface area contributed by atoms with Crippen LogP contribution in [-0.4, -0.2) is 7.05 Å². The van der Waals surface area contributed by atoms with Gasteiger partial charge in [-0.2, -0.15) is 0 Å². The van der Waals surface area contributed by atoms with Crippen molar-refractivity contribution in [2.45, 2.75) is 40.5 Å². The molecular formula is C12H23N. The minimum Gasteiger partial charge on any atom is -0.394 e. The zero-order valence-electron chi connectivity index (χ0n) is 9.65. The second kappa shape index (κ2) is 5.85. The molecule has 0 saturated carbocycles. The van der Waals surface area contributed by atoms with Gasteiger partial charge in [0.2, 0.25) is 0 Å². The highest BCUT2D eigenvalue weighted by atomic mass is 14.8. The predicted molar refractivity (Wildman–Crippen MR) is 60.6 cm³/mol. The normalized spacial score (nSPS) is 13.8. The first kappa shape index (κ1) is 12.3. The first-order valence-electron chi connectivity index (χ1n) is 5.05. The standard InChI is InChI=1S/C12H23N/c1-6-8-11(12(2,3)4)9-7-10-13-5/h7,9-10,13H,6,8H2,1-5H3/b10-7+,11-9+. The van der Waals surface area contributed by atoms with Gasteiger partial charge in [-0.1, -0.05) is 45.8 Å². The number of rotatable bonds is 4. The Kier molecular flexibility index (Phi) is 5.52. The Labute approximate surface area is 82.9 Å². The highest BCUT2D eigenvalue weighted by Gasteiger charge is 2.14. The quantitative estimate of drug-likeness (QED) is 0.655. The smallest absolute Gasteiger partial charge is 0.00277 e. The Balaban J connectivity index is 4.41. The Morgan fingerprint density at radius 2 is 1.92 bits per heavy atom. The lowest BCUT2D eigenvalue weighted by molar-refractivity contribution is 0.480. The van der Waals surface area contributed by atoms with Gasteiger partial charge >= 0.3 is 0 Å². The molecule has 0 aliphatic heterocycles. The van der Waals surface area contributed by atoms with E-state index in [0.717, 1.165) is 0 Å². The molecule has 0 unspecified atom stereocenters. The molecule has 0 fully saturated rings. The third-order valence-corrected chi connectivity index (χ3v) is 2.04. The van der Waals surface area contributed by atoms with E-state index in [1.165, 1.54) is 18.4 Å². The van der Waals surface area contributed by atoms with Crippen molar-refractivity contribution in [1.82, 2.24) is 5.32 Å². The van der Waals surface area contributed by atoms with E-state index in [-0.39, 0.29) is 0 Å². The average molecular weight is 181 g/mol. The summed E-state index contributed by atoms with van der Waals surface area (Å²) in [5.41, 5.74) is 1.81. The molecule has 1 nitrogen and oxygen atoms in total. The molecule has 0 amide bonds. The van der Waals surface area contributed by atoms with Gasteiger partial charge in [0.15, 0.2) is 0 Å². The van der Waals surface area contributed by atoms with Crippen LogP contribution >= 0.6 is 0 Å². The summed E-state index contributed by atoms with van der Waals surface area (Å²) >= 11 is 0. The molecule has 0 spiro atoms. The van der Waals surface area contributed by atoms with Crippen LogP contribution in [0.15, 0.2) is 23.9 Å². The van der Waals surface area contributed by atoms with Crippen molar-refractivity contribution in [1.29, 1.82) is 0 Å². The summed E-state index contributed by atoms with van der Waals surface area (Å²) in [6.07, 6.45) is 8.67. The molecule has 0 atom stereocenters. The van der Waals surface area contributed by atoms with Gasteiger partial charge in [-0.25, -0.2) is 0 Å². The van der Waals surface area contributed by atoms with Gasteiger partial charge in [0.05, 0.1) is 0 Å². The maximum Gasteiger partial charge on any atom is 0.00277 e. The van der Waals surface area contributed by atoms with Crippen LogP contribution in [0.3, 0.4) is 0 Å². The monoisotopic (exact) mass is 181 g/mol. The zero-order chi connectivity index (χ0) is 10.3. The van der Waals surface area contributed by atoms with Crippen molar-refractivity contribution in [2.75, 3.05) is 7.05 Å². The van der Waals surface area contributed by atoms with Gasteiger partial charge in [-0.3, -0.25) is 0 Å². The van der Waals surface area contributed by atoms with Crippen molar-refractivity contribution in [3.63, 3.8) is 0 Å². The Hall–Kier alpha value is -0.720. The maximum absolute atomic E-state index is 2.99. The fraction of sp³-hybridized carbons (Fsp3) is 0.667. The molecule has 1 N–H and O–H groups in total. The first-order chi connectivity index (χ1) is 6.02. The minimum absolute atomic E-state index is 0.300. The first-order valence-corrected chi connectivity index (χ1v) is 5.05. The van der Waals surface area contributed by atoms with E-state index in [2.05, 4.69) is 45.2 Å². The summed E-state index contributed by atoms with van der Waals surface area (Å²) < 4.78 is 0. The molecule has 0 aromatic carbocycles. The molecule has 0 radical (unpaired) electrons. The summed E-state index contributed by atoms with van der Waals surface area (Å²) in [5, 5.41) is 2.99. The molecular weight excluding hydrogens is 158 g/mol. The molecule has 13 heavy (non-hydrogen) atoms. The van der Waals surface area contributed by atoms with Crippen molar-refractivity contribution in [2.24, 2.45) is 5.41 Å². The largest absolute Gasteiger partial charge is 0.394 e. The summed E-state index contributed by atoms with van der Waals surface area (Å²) in [4.78, 5) is 0. The fourth-order valence-electron chi connectivity index (χ4n) is 1.24. The number of hydrogen-bond acceptors (Lipinski definition) is 1. The lowest BCUT2D eigenvalue weighted by Crippen LogP contribution is -2.09. The fourth-order valence-corrected chi connectivity index (χ4v) is 1.24. The van der Waals surface area contributed by atoms with E-state index in [1.807, 2.05) is 13.2 Å². The lowest BCUT2D eigenvalue weighted by atomic mass is 9.83. The molecule has 0 aromatic rings. The Morgan fingerprint density at radius 3 is 2.31 bits per heavy atom. The third-order valence-electron chi connectivity index (χ3n) is 2.04. The van der Waals surface area contributed by atoms with Crippen LogP contribution in [0.5, 0.6) is 0 Å². The zero-order valence-corrected chi connectivity index (χ0v) is 9.65. The number of hydrogen-bond donors (Lipinski definition) is 1. The summed E-state index contributed by atoms with van der Waals surface area (Å²) in [5.74, 6) is 0. The summed E-state index contributed by atoms with van der Waals surface area (Å²) in [6, 6.07) is 0. The van der Waals surface area contributed by atoms with Gasteiger partial charge in [0.25, 0.3) is 0 Å². The van der Waals surface area contributed by atoms with Crippen LogP contribution in [0, 0.1) is 5.41 Å². The molecule has 1 heteroatoms. The van der Waals surface area contributed by atoms with E-state index in [1.54, 1.807) is 0 Å². The van der Waals surface area contributed by atoms with Gasteiger partial charge in [0, 0.05) is 7.05 Å². The van der Waals surface area contributed by atoms with Crippen LogP contribution in [0.2, 0.25) is 0 Å². The SMILES string of the molecule is CCC/C(=C\C=C\NC)C(C)(C)C. The maximum atomic E-state index is 2.99. The van der Waals surface area contributed by atoms with Crippen molar-refractivity contribution in [3.05, 3.63) is 23.9 Å². The van der Waals surface area contributed by atoms with E-state index in [4.69, 9.17) is 0 Å². The van der Waals surface area contributed by atoms with Crippen molar-refractivity contribution in [3.8, 4) is 0 Å². The average Bonchev–Trinajstić information content (AvgIpc) is 2.01. The number of allylic oxidation sites excluding steroid dienone is 3. The van der Waals surface area contributed by atoms with E-state index in [9.17, 15) is 0 Å². The third kappa shape index (κ3) is 5.51. The Bertz CT molecular complexity index is 182. The number of nitrogens with one attached hydrogen (secondary N) is 1. The highest BCUT2D eigenvalue weighted by Crippen LogP contribution is 2.28. The van der Waals surface area contributed by atoms with Gasteiger partial charge in [-0.05, 0) is 24.1 Å². The Morgan fingerprint density at radius 1 is 1.31 bits per heavy atom. The van der Waals surface area contributed by atoms with Crippen LogP contribution in [0.1, 0.15) is 40.5 Å². The molecule has 0 bridgehead atoms. The topological polar surface area (TPSA) is 12.0 Å². The molecule has 0 rings (SSSR count). The molecule has 0 aliphatic carbocycles. The van der Waals surface area contributed by atoms with Gasteiger partial charge < -0.3 is 5.32 Å². The van der Waals surface area contributed by atoms with Crippen LogP contribution in [0.25, 0.3) is 0 Å². The van der Waals surface area contributed by atoms with Gasteiger partial charge in [-0.15, -0.1) is 0 Å². The molecule has 0 aromatic heterocycles. The van der Waals surface area contributed by atoms with Crippen LogP contribution in [-0.2, 0) is 0 Å². The summed E-state index contributed by atoms with van der Waals surface area (Å²) in [6.45, 7) is 9.02. The van der Waals surface area contributed by atoms with E-state index < -0.39 is 0 Å². The van der Waals surface area contributed by atoms with E-state index in [0.29, 0.717) is 5.41 Å². The molecule has 0 heterocycles. The second-order valence-corrected chi connectivity index (χ2v) is 4.34. The molecule has 0 aliphatic rings. The minimum atomic E-state index is 0.300. The highest BCUT2D eigenvalue weighted by molar-refractivity contribution is 5.17. The summed E-state index contributed by atoms with van der Waals surface area (Å²) in [7, 11) is 1.92. The predicted octanol–water partition coefficient (Wildman–Crippen LogP) is 3.49. The van der Waals surface area contributed by atoms with Gasteiger partial charge in [0.1, 0.15) is 0 Å². The van der Waals surface area contributed by atoms with Crippen LogP contribution < -0.4 is 5.32 Å². The molecule has 76 valence electrons. The second-order valence-electron chi connectivity index (χ2n) is 4.34. The van der Waals surface area contributed by atoms with Crippen LogP contribution in [0.4, 0.5) is 0 Å².